The molecule has 10 nitrogen and oxygen atoms in total. The van der Waals surface area contributed by atoms with Gasteiger partial charge in [0.25, 0.3) is 0 Å². The van der Waals surface area contributed by atoms with E-state index in [4.69, 9.17) is 4.98 Å². The molecule has 5 heterocycles. The lowest BCUT2D eigenvalue weighted by atomic mass is 10.1. The van der Waals surface area contributed by atoms with Crippen molar-refractivity contribution >= 4 is 32.1 Å². The van der Waals surface area contributed by atoms with Crippen LogP contribution < -0.4 is 4.72 Å². The third kappa shape index (κ3) is 4.55. The van der Waals surface area contributed by atoms with Gasteiger partial charge >= 0.3 is 0 Å². The third-order valence-corrected chi connectivity index (χ3v) is 6.44. The fraction of sp³-hybridized carbons (Fsp3) is 0.0800. The Kier molecular flexibility index (Phi) is 5.46. The first-order valence-corrected chi connectivity index (χ1v) is 13.1. The molecule has 6 aromatic rings. The zero-order valence-electron chi connectivity index (χ0n) is 19.4. The Hall–Kier alpha value is -4.55. The molecule has 6 rings (SSSR count). The van der Waals surface area contributed by atoms with Crippen LogP contribution in [0.5, 0.6) is 0 Å². The Morgan fingerprint density at radius 2 is 1.86 bits per heavy atom. The van der Waals surface area contributed by atoms with E-state index in [1.54, 1.807) is 30.7 Å². The fourth-order valence-corrected chi connectivity index (χ4v) is 4.55. The minimum atomic E-state index is -3.43. The molecule has 37 heavy (non-hydrogen) atoms. The number of rotatable bonds is 6. The minimum absolute atomic E-state index is 0.0454. The van der Waals surface area contributed by atoms with Crippen molar-refractivity contribution in [1.29, 1.82) is 0 Å². The van der Waals surface area contributed by atoms with Crippen LogP contribution in [0.25, 0.3) is 56.1 Å². The highest BCUT2D eigenvalue weighted by Crippen LogP contribution is 2.31. The van der Waals surface area contributed by atoms with E-state index in [9.17, 15) is 12.8 Å². The monoisotopic (exact) mass is 514 g/mol. The number of benzene rings is 1. The Morgan fingerprint density at radius 3 is 2.68 bits per heavy atom. The predicted octanol–water partition coefficient (Wildman–Crippen LogP) is 3.81. The second-order valence-electron chi connectivity index (χ2n) is 8.49. The number of fused-ring (bicyclic) bond motifs is 2. The van der Waals surface area contributed by atoms with Crippen molar-refractivity contribution in [3.63, 3.8) is 0 Å². The van der Waals surface area contributed by atoms with Crippen LogP contribution in [0.2, 0.25) is 0 Å². The number of halogens is 1. The lowest BCUT2D eigenvalue weighted by Gasteiger charge is -2.07. The van der Waals surface area contributed by atoms with Gasteiger partial charge < -0.3 is 4.98 Å². The topological polar surface area (TPSA) is 142 Å². The smallest absolute Gasteiger partial charge is 0.209 e. The van der Waals surface area contributed by atoms with E-state index in [0.717, 1.165) is 22.9 Å². The molecule has 184 valence electrons. The summed E-state index contributed by atoms with van der Waals surface area (Å²) in [7, 11) is -3.43. The average molecular weight is 515 g/mol. The van der Waals surface area contributed by atoms with Gasteiger partial charge in [0.05, 0.1) is 28.5 Å². The van der Waals surface area contributed by atoms with Crippen molar-refractivity contribution in [2.45, 2.75) is 6.54 Å². The van der Waals surface area contributed by atoms with Crippen molar-refractivity contribution in [1.82, 2.24) is 39.8 Å². The van der Waals surface area contributed by atoms with Crippen LogP contribution in [0.1, 0.15) is 5.56 Å². The Morgan fingerprint density at radius 1 is 0.973 bits per heavy atom. The maximum Gasteiger partial charge on any atom is 0.209 e. The van der Waals surface area contributed by atoms with Crippen molar-refractivity contribution in [3.05, 3.63) is 78.5 Å². The summed E-state index contributed by atoms with van der Waals surface area (Å²) in [6, 6.07) is 13.7. The highest BCUT2D eigenvalue weighted by atomic mass is 32.2. The number of imidazole rings is 1. The maximum atomic E-state index is 14.5. The van der Waals surface area contributed by atoms with Gasteiger partial charge in [-0.1, -0.05) is 6.07 Å². The molecular weight excluding hydrogens is 495 g/mol. The van der Waals surface area contributed by atoms with Gasteiger partial charge in [0.15, 0.2) is 11.5 Å². The molecule has 0 aliphatic carbocycles. The van der Waals surface area contributed by atoms with E-state index < -0.39 is 15.8 Å². The Balaban J connectivity index is 1.44. The molecule has 1 aromatic carbocycles. The van der Waals surface area contributed by atoms with Crippen LogP contribution in [0, 0.1) is 5.82 Å². The van der Waals surface area contributed by atoms with Crippen molar-refractivity contribution in [3.8, 4) is 34.0 Å². The summed E-state index contributed by atoms with van der Waals surface area (Å²) < 4.78 is 39.8. The van der Waals surface area contributed by atoms with E-state index in [-0.39, 0.29) is 6.54 Å². The number of hydrogen-bond acceptors (Lipinski definition) is 7. The number of nitrogens with zero attached hydrogens (tertiary/aromatic N) is 5. The molecule has 0 saturated carbocycles. The quantitative estimate of drug-likeness (QED) is 0.307. The zero-order valence-corrected chi connectivity index (χ0v) is 20.2. The highest BCUT2D eigenvalue weighted by Gasteiger charge is 2.18. The molecule has 5 aromatic heterocycles. The minimum Gasteiger partial charge on any atom is -0.336 e. The molecular formula is C25H19FN8O2S. The summed E-state index contributed by atoms with van der Waals surface area (Å²) in [5.41, 5.74) is 5.38. The molecule has 3 N–H and O–H groups in total. The van der Waals surface area contributed by atoms with Crippen LogP contribution in [0.3, 0.4) is 0 Å². The van der Waals surface area contributed by atoms with Crippen molar-refractivity contribution in [2.24, 2.45) is 0 Å². The standard InChI is InChI=1S/C25H19FN8O2S/c1-37(35,36)30-12-14-8-15(10-17(26)9-14)21-23-20(5-7-28-21)31-25(32-23)22-18-11-16(13-29-24(18)34-33-22)19-4-2-3-6-27-19/h2-11,13,30H,12H2,1H3,(H,31,32)(H,29,33,34). The van der Waals surface area contributed by atoms with Crippen molar-refractivity contribution in [2.75, 3.05) is 6.26 Å². The van der Waals surface area contributed by atoms with Crippen LogP contribution in [-0.4, -0.2) is 49.8 Å². The summed E-state index contributed by atoms with van der Waals surface area (Å²) in [6.07, 6.45) is 6.10. The van der Waals surface area contributed by atoms with Gasteiger partial charge in [0.1, 0.15) is 17.0 Å². The third-order valence-electron chi connectivity index (χ3n) is 5.77. The highest BCUT2D eigenvalue weighted by molar-refractivity contribution is 7.88. The molecule has 0 amide bonds. The van der Waals surface area contributed by atoms with Crippen LogP contribution in [-0.2, 0) is 16.6 Å². The van der Waals surface area contributed by atoms with Gasteiger partial charge in [0.2, 0.25) is 10.0 Å². The van der Waals surface area contributed by atoms with Gasteiger partial charge in [-0.3, -0.25) is 15.1 Å². The Bertz CT molecular complexity index is 1880. The van der Waals surface area contributed by atoms with E-state index in [1.165, 1.54) is 12.1 Å². The van der Waals surface area contributed by atoms with Gasteiger partial charge in [-0.25, -0.2) is 27.5 Å². The second kappa shape index (κ2) is 8.84. The first-order chi connectivity index (χ1) is 17.8. The SMILES string of the molecule is CS(=O)(=O)NCc1cc(F)cc(-c2nccc3[nH]c(-c4n[nH]c5ncc(-c6ccccn6)cc45)nc23)c1. The summed E-state index contributed by atoms with van der Waals surface area (Å²) in [4.78, 5) is 21.3. The number of hydrogen-bond donors (Lipinski definition) is 3. The van der Waals surface area contributed by atoms with Crippen LogP contribution in [0.4, 0.5) is 4.39 Å². The summed E-state index contributed by atoms with van der Waals surface area (Å²) >= 11 is 0. The summed E-state index contributed by atoms with van der Waals surface area (Å²) in [6.45, 7) is -0.0454. The van der Waals surface area contributed by atoms with Gasteiger partial charge in [-0.05, 0) is 48.0 Å². The maximum absolute atomic E-state index is 14.5. The fourth-order valence-electron chi connectivity index (χ4n) is 4.12. The normalized spacial score (nSPS) is 11.9. The lowest BCUT2D eigenvalue weighted by Crippen LogP contribution is -2.21. The largest absolute Gasteiger partial charge is 0.336 e. The summed E-state index contributed by atoms with van der Waals surface area (Å²) in [5, 5.41) is 8.12. The molecule has 0 saturated heterocycles. The molecule has 0 unspecified atom stereocenters. The van der Waals surface area contributed by atoms with Crippen LogP contribution >= 0.6 is 0 Å². The molecule has 0 fully saturated rings. The Labute approximate surface area is 210 Å². The number of aromatic amines is 2. The van der Waals surface area contributed by atoms with Crippen LogP contribution in [0.15, 0.2) is 67.1 Å². The summed E-state index contributed by atoms with van der Waals surface area (Å²) in [5.74, 6) is -0.0189. The first kappa shape index (κ1) is 22.9. The van der Waals surface area contributed by atoms with E-state index in [0.29, 0.717) is 45.0 Å². The molecule has 0 radical (unpaired) electrons. The van der Waals surface area contributed by atoms with Crippen molar-refractivity contribution < 1.29 is 12.8 Å². The lowest BCUT2D eigenvalue weighted by molar-refractivity contribution is 0.586. The average Bonchev–Trinajstić information content (AvgIpc) is 3.51. The molecule has 0 bridgehead atoms. The van der Waals surface area contributed by atoms with E-state index in [1.807, 2.05) is 24.3 Å². The van der Waals surface area contributed by atoms with Gasteiger partial charge in [-0.2, -0.15) is 5.10 Å². The predicted molar refractivity (Wildman–Crippen MR) is 137 cm³/mol. The van der Waals surface area contributed by atoms with Gasteiger partial charge in [0, 0.05) is 36.3 Å². The molecule has 0 aliphatic heterocycles. The molecule has 12 heteroatoms. The second-order valence-corrected chi connectivity index (χ2v) is 10.3. The van der Waals surface area contributed by atoms with Gasteiger partial charge in [-0.15, -0.1) is 0 Å². The van der Waals surface area contributed by atoms with E-state index >= 15 is 0 Å². The number of aromatic nitrogens is 7. The molecule has 0 aliphatic rings. The van der Waals surface area contributed by atoms with E-state index in [2.05, 4.69) is 34.9 Å². The zero-order chi connectivity index (χ0) is 25.6. The number of sulfonamides is 1. The molecule has 0 spiro atoms. The molecule has 0 atom stereocenters. The number of nitrogens with one attached hydrogen (secondary N) is 3. The number of H-pyrrole nitrogens is 2. The first-order valence-electron chi connectivity index (χ1n) is 11.2. The number of pyridine rings is 3.